The Morgan fingerprint density at radius 1 is 1.21 bits per heavy atom. The van der Waals surface area contributed by atoms with Gasteiger partial charge in [-0.15, -0.1) is 0 Å². The maximum atomic E-state index is 6.44. The van der Waals surface area contributed by atoms with Gasteiger partial charge in [0, 0.05) is 31.1 Å². The third-order valence-corrected chi connectivity index (χ3v) is 5.09. The average Bonchev–Trinajstić information content (AvgIpc) is 2.76. The van der Waals surface area contributed by atoms with E-state index >= 15 is 0 Å². The van der Waals surface area contributed by atoms with Gasteiger partial charge in [0.05, 0.1) is 11.2 Å². The summed E-state index contributed by atoms with van der Waals surface area (Å²) < 4.78 is 6.18. The summed E-state index contributed by atoms with van der Waals surface area (Å²) in [5, 5.41) is 0. The number of nitrogens with two attached hydrogens (primary N) is 1. The van der Waals surface area contributed by atoms with Crippen molar-refractivity contribution in [2.45, 2.75) is 57.4 Å². The predicted molar refractivity (Wildman–Crippen MR) is 79.2 cm³/mol. The Kier molecular flexibility index (Phi) is 4.00. The van der Waals surface area contributed by atoms with E-state index in [1.165, 1.54) is 13.0 Å². The molecule has 0 aromatic carbocycles. The van der Waals surface area contributed by atoms with Crippen LogP contribution in [0.5, 0.6) is 0 Å². The number of likely N-dealkylation sites (tertiary alicyclic amines) is 1. The monoisotopic (exact) mass is 269 g/mol. The van der Waals surface area contributed by atoms with Crippen LogP contribution >= 0.6 is 0 Å². The lowest BCUT2D eigenvalue weighted by Crippen LogP contribution is -2.48. The second kappa shape index (κ2) is 4.99. The van der Waals surface area contributed by atoms with E-state index in [-0.39, 0.29) is 17.2 Å². The van der Waals surface area contributed by atoms with Crippen LogP contribution in [-0.4, -0.2) is 66.8 Å². The average molecular weight is 269 g/mol. The fourth-order valence-electron chi connectivity index (χ4n) is 3.75. The Balaban J connectivity index is 1.99. The van der Waals surface area contributed by atoms with E-state index in [1.807, 2.05) is 0 Å². The van der Waals surface area contributed by atoms with Crippen molar-refractivity contribution in [3.05, 3.63) is 0 Å². The maximum absolute atomic E-state index is 6.44. The van der Waals surface area contributed by atoms with Crippen LogP contribution in [0.3, 0.4) is 0 Å². The molecule has 0 aromatic rings. The lowest BCUT2D eigenvalue weighted by Gasteiger charge is -2.31. The summed E-state index contributed by atoms with van der Waals surface area (Å²) in [6.07, 6.45) is 1.26. The van der Waals surface area contributed by atoms with Crippen molar-refractivity contribution in [1.82, 2.24) is 9.80 Å². The van der Waals surface area contributed by atoms with Gasteiger partial charge in [0.1, 0.15) is 0 Å². The number of hydrogen-bond donors (Lipinski definition) is 1. The van der Waals surface area contributed by atoms with Gasteiger partial charge in [0.2, 0.25) is 0 Å². The highest BCUT2D eigenvalue weighted by atomic mass is 16.5. The van der Waals surface area contributed by atoms with Crippen molar-refractivity contribution in [2.24, 2.45) is 11.7 Å². The number of hydrogen-bond acceptors (Lipinski definition) is 4. The molecule has 2 aliphatic heterocycles. The maximum Gasteiger partial charge on any atom is 0.0788 e. The highest BCUT2D eigenvalue weighted by Crippen LogP contribution is 2.41. The summed E-state index contributed by atoms with van der Waals surface area (Å²) in [4.78, 5) is 4.89. The second-order valence-corrected chi connectivity index (χ2v) is 7.61. The number of likely N-dealkylation sites (N-methyl/N-ethyl adjacent to an activating group) is 1. The molecule has 0 radical (unpaired) electrons. The van der Waals surface area contributed by atoms with E-state index in [0.717, 1.165) is 13.1 Å². The van der Waals surface area contributed by atoms with E-state index in [0.29, 0.717) is 12.0 Å². The third-order valence-electron chi connectivity index (χ3n) is 5.09. The molecule has 2 N–H and O–H groups in total. The fraction of sp³-hybridized carbons (Fsp3) is 1.00. The second-order valence-electron chi connectivity index (χ2n) is 7.61. The van der Waals surface area contributed by atoms with Crippen molar-refractivity contribution in [3.8, 4) is 0 Å². The summed E-state index contributed by atoms with van der Waals surface area (Å²) >= 11 is 0. The normalized spacial score (nSPS) is 38.2. The quantitative estimate of drug-likeness (QED) is 0.835. The molecule has 2 heterocycles. The highest BCUT2D eigenvalue weighted by molar-refractivity contribution is 5.05. The van der Waals surface area contributed by atoms with Crippen LogP contribution in [0.2, 0.25) is 0 Å². The molecular formula is C15H31N3O. The Bertz CT molecular complexity index is 327. The van der Waals surface area contributed by atoms with Crippen LogP contribution in [0.25, 0.3) is 0 Å². The molecule has 0 spiro atoms. The van der Waals surface area contributed by atoms with Gasteiger partial charge >= 0.3 is 0 Å². The van der Waals surface area contributed by atoms with Gasteiger partial charge in [-0.2, -0.15) is 0 Å². The Morgan fingerprint density at radius 2 is 1.84 bits per heavy atom. The van der Waals surface area contributed by atoms with E-state index in [9.17, 15) is 0 Å². The molecule has 3 unspecified atom stereocenters. The first kappa shape index (κ1) is 15.2. The van der Waals surface area contributed by atoms with Crippen molar-refractivity contribution >= 4 is 0 Å². The van der Waals surface area contributed by atoms with E-state index in [1.54, 1.807) is 0 Å². The summed E-state index contributed by atoms with van der Waals surface area (Å²) in [5.74, 6) is 0.406. The Labute approximate surface area is 118 Å². The smallest absolute Gasteiger partial charge is 0.0788 e. The van der Waals surface area contributed by atoms with E-state index in [2.05, 4.69) is 51.6 Å². The van der Waals surface area contributed by atoms with Crippen LogP contribution in [-0.2, 0) is 4.74 Å². The van der Waals surface area contributed by atoms with Crippen molar-refractivity contribution in [3.63, 3.8) is 0 Å². The van der Waals surface area contributed by atoms with Crippen molar-refractivity contribution in [1.29, 1.82) is 0 Å². The molecule has 112 valence electrons. The molecule has 3 atom stereocenters. The van der Waals surface area contributed by atoms with Crippen molar-refractivity contribution in [2.75, 3.05) is 33.7 Å². The minimum absolute atomic E-state index is 0.112. The molecule has 2 saturated heterocycles. The van der Waals surface area contributed by atoms with Crippen LogP contribution in [0.1, 0.15) is 34.1 Å². The molecule has 0 aliphatic carbocycles. The van der Waals surface area contributed by atoms with Gasteiger partial charge in [-0.1, -0.05) is 0 Å². The lowest BCUT2D eigenvalue weighted by atomic mass is 9.83. The molecule has 0 bridgehead atoms. The molecular weight excluding hydrogens is 238 g/mol. The minimum atomic E-state index is -0.213. The summed E-state index contributed by atoms with van der Waals surface area (Å²) in [5.41, 5.74) is 6.10. The summed E-state index contributed by atoms with van der Waals surface area (Å²) in [7, 11) is 4.34. The predicted octanol–water partition coefficient (Wildman–Crippen LogP) is 1.15. The number of nitrogens with zero attached hydrogens (tertiary/aromatic N) is 2. The SMILES string of the molecule is CN(C)C1CCN(CC2C(N)C(C)(C)OC2(C)C)C1. The zero-order valence-corrected chi connectivity index (χ0v) is 13.4. The first-order valence-electron chi connectivity index (χ1n) is 7.48. The Hall–Kier alpha value is -0.160. The summed E-state index contributed by atoms with van der Waals surface area (Å²) in [6.45, 7) is 12.0. The molecule has 19 heavy (non-hydrogen) atoms. The van der Waals surface area contributed by atoms with Gasteiger partial charge in [-0.05, 0) is 54.8 Å². The number of rotatable bonds is 3. The molecule has 4 nitrogen and oxygen atoms in total. The highest BCUT2D eigenvalue weighted by Gasteiger charge is 2.52. The molecule has 2 aliphatic rings. The largest absolute Gasteiger partial charge is 0.368 e. The zero-order valence-electron chi connectivity index (χ0n) is 13.4. The topological polar surface area (TPSA) is 41.7 Å². The minimum Gasteiger partial charge on any atom is -0.368 e. The molecule has 2 fully saturated rings. The van der Waals surface area contributed by atoms with Gasteiger partial charge in [-0.25, -0.2) is 0 Å². The first-order chi connectivity index (χ1) is 8.63. The summed E-state index contributed by atoms with van der Waals surface area (Å²) in [6, 6.07) is 0.801. The standard InChI is InChI=1S/C15H31N3O/c1-14(2)12(13(16)15(3,4)19-14)10-18-8-7-11(9-18)17(5)6/h11-13H,7-10,16H2,1-6H3. The van der Waals surface area contributed by atoms with E-state index in [4.69, 9.17) is 10.5 Å². The van der Waals surface area contributed by atoms with Gasteiger partial charge < -0.3 is 20.3 Å². The van der Waals surface area contributed by atoms with Crippen LogP contribution < -0.4 is 5.73 Å². The van der Waals surface area contributed by atoms with E-state index < -0.39 is 0 Å². The number of ether oxygens (including phenoxy) is 1. The van der Waals surface area contributed by atoms with Gasteiger partial charge in [-0.3, -0.25) is 0 Å². The molecule has 2 rings (SSSR count). The molecule has 0 aromatic heterocycles. The van der Waals surface area contributed by atoms with Crippen LogP contribution in [0, 0.1) is 5.92 Å². The molecule has 4 heteroatoms. The fourth-order valence-corrected chi connectivity index (χ4v) is 3.75. The first-order valence-corrected chi connectivity index (χ1v) is 7.48. The van der Waals surface area contributed by atoms with Crippen LogP contribution in [0.4, 0.5) is 0 Å². The molecule has 0 amide bonds. The zero-order chi connectivity index (χ0) is 14.4. The van der Waals surface area contributed by atoms with Crippen molar-refractivity contribution < 1.29 is 4.74 Å². The van der Waals surface area contributed by atoms with Gasteiger partial charge in [0.15, 0.2) is 0 Å². The third kappa shape index (κ3) is 2.97. The molecule has 0 saturated carbocycles. The van der Waals surface area contributed by atoms with Crippen LogP contribution in [0.15, 0.2) is 0 Å². The lowest BCUT2D eigenvalue weighted by molar-refractivity contribution is -0.0781. The Morgan fingerprint density at radius 3 is 2.26 bits per heavy atom. The van der Waals surface area contributed by atoms with Gasteiger partial charge in [0.25, 0.3) is 0 Å².